The predicted octanol–water partition coefficient (Wildman–Crippen LogP) is 3.01. The Kier molecular flexibility index (Phi) is 3.82. The minimum absolute atomic E-state index is 0.0219. The van der Waals surface area contributed by atoms with Gasteiger partial charge in [-0.15, -0.1) is 0 Å². The first-order valence-electron chi connectivity index (χ1n) is 6.08. The van der Waals surface area contributed by atoms with Crippen LogP contribution in [0.4, 0.5) is 0 Å². The largest absolute Gasteiger partial charge is 0.459 e. The number of carbonyl (C=O) groups is 1. The van der Waals surface area contributed by atoms with Gasteiger partial charge in [-0.1, -0.05) is 15.9 Å². The average molecular weight is 336 g/mol. The number of hydrogen-bond donors (Lipinski definition) is 0. The number of carbonyl (C=O) groups excluding carboxylic acids is 1. The molecule has 1 aromatic carbocycles. The molecule has 0 aliphatic rings. The first-order valence-corrected chi connectivity index (χ1v) is 6.87. The number of halogens is 1. The van der Waals surface area contributed by atoms with Crippen molar-refractivity contribution in [1.29, 1.82) is 5.26 Å². The number of hydrogen-bond acceptors (Lipinski definition) is 4. The quantitative estimate of drug-likeness (QED) is 0.791. The Hall–Kier alpha value is -1.87. The summed E-state index contributed by atoms with van der Waals surface area (Å²) >= 11 is 3.37. The van der Waals surface area contributed by atoms with E-state index in [1.165, 1.54) is 4.68 Å². The van der Waals surface area contributed by atoms with Crippen molar-refractivity contribution in [3.05, 3.63) is 28.4 Å². The van der Waals surface area contributed by atoms with Crippen LogP contribution in [-0.2, 0) is 16.1 Å². The van der Waals surface area contributed by atoms with Crippen LogP contribution in [0.15, 0.2) is 22.7 Å². The molecule has 2 rings (SSSR count). The second-order valence-electron chi connectivity index (χ2n) is 5.37. The van der Waals surface area contributed by atoms with Gasteiger partial charge >= 0.3 is 5.97 Å². The van der Waals surface area contributed by atoms with Crippen molar-refractivity contribution in [2.75, 3.05) is 0 Å². The molecular formula is C14H14BrN3O2. The van der Waals surface area contributed by atoms with E-state index in [4.69, 9.17) is 10.00 Å². The lowest BCUT2D eigenvalue weighted by Gasteiger charge is -2.19. The normalized spacial score (nSPS) is 11.3. The molecule has 0 radical (unpaired) electrons. The molecule has 20 heavy (non-hydrogen) atoms. The number of fused-ring (bicyclic) bond motifs is 1. The second-order valence-corrected chi connectivity index (χ2v) is 6.28. The smallest absolute Gasteiger partial charge is 0.328 e. The molecule has 5 nitrogen and oxygen atoms in total. The molecule has 0 bridgehead atoms. The van der Waals surface area contributed by atoms with Gasteiger partial charge in [-0.25, -0.2) is 0 Å². The van der Waals surface area contributed by atoms with Gasteiger partial charge in [0.05, 0.1) is 5.52 Å². The lowest BCUT2D eigenvalue weighted by Crippen LogP contribution is -2.26. The van der Waals surface area contributed by atoms with E-state index in [0.717, 1.165) is 15.4 Å². The Morgan fingerprint density at radius 2 is 2.20 bits per heavy atom. The predicted molar refractivity (Wildman–Crippen MR) is 78.0 cm³/mol. The van der Waals surface area contributed by atoms with Gasteiger partial charge in [-0.05, 0) is 39.0 Å². The van der Waals surface area contributed by atoms with Crippen LogP contribution >= 0.6 is 15.9 Å². The molecule has 0 amide bonds. The van der Waals surface area contributed by atoms with Crippen molar-refractivity contribution in [2.24, 2.45) is 0 Å². The summed E-state index contributed by atoms with van der Waals surface area (Å²) in [5, 5.41) is 14.0. The van der Waals surface area contributed by atoms with Gasteiger partial charge in [0.15, 0.2) is 5.69 Å². The van der Waals surface area contributed by atoms with Crippen molar-refractivity contribution in [1.82, 2.24) is 9.78 Å². The molecule has 0 aliphatic carbocycles. The number of esters is 1. The highest BCUT2D eigenvalue weighted by Crippen LogP contribution is 2.23. The second kappa shape index (κ2) is 5.25. The van der Waals surface area contributed by atoms with Crippen molar-refractivity contribution in [2.45, 2.75) is 32.9 Å². The highest BCUT2D eigenvalue weighted by Gasteiger charge is 2.19. The summed E-state index contributed by atoms with van der Waals surface area (Å²) < 4.78 is 7.62. The Morgan fingerprint density at radius 1 is 1.50 bits per heavy atom. The molecule has 1 heterocycles. The van der Waals surface area contributed by atoms with Crippen LogP contribution < -0.4 is 0 Å². The first-order chi connectivity index (χ1) is 9.30. The van der Waals surface area contributed by atoms with E-state index in [9.17, 15) is 4.79 Å². The number of rotatable bonds is 2. The fourth-order valence-corrected chi connectivity index (χ4v) is 2.20. The lowest BCUT2D eigenvalue weighted by molar-refractivity contribution is -0.155. The number of aromatic nitrogens is 2. The zero-order valence-corrected chi connectivity index (χ0v) is 13.1. The minimum atomic E-state index is -0.543. The van der Waals surface area contributed by atoms with Gasteiger partial charge in [0.2, 0.25) is 0 Å². The summed E-state index contributed by atoms with van der Waals surface area (Å²) in [4.78, 5) is 11.9. The molecule has 0 aliphatic heterocycles. The molecule has 0 saturated heterocycles. The summed E-state index contributed by atoms with van der Waals surface area (Å²) in [7, 11) is 0. The van der Waals surface area contributed by atoms with Crippen molar-refractivity contribution < 1.29 is 9.53 Å². The number of nitrogens with zero attached hydrogens (tertiary/aromatic N) is 3. The van der Waals surface area contributed by atoms with Crippen LogP contribution in [0.5, 0.6) is 0 Å². The van der Waals surface area contributed by atoms with Crippen LogP contribution in [0, 0.1) is 11.3 Å². The van der Waals surface area contributed by atoms with Crippen LogP contribution in [-0.4, -0.2) is 21.4 Å². The summed E-state index contributed by atoms with van der Waals surface area (Å²) in [6.07, 6.45) is 0. The monoisotopic (exact) mass is 335 g/mol. The minimum Gasteiger partial charge on any atom is -0.459 e. The van der Waals surface area contributed by atoms with Gasteiger partial charge in [0.25, 0.3) is 0 Å². The van der Waals surface area contributed by atoms with Crippen LogP contribution in [0.25, 0.3) is 10.9 Å². The number of nitriles is 1. The summed E-state index contributed by atoms with van der Waals surface area (Å²) in [5.74, 6) is -0.383. The fraction of sp³-hybridized carbons (Fsp3) is 0.357. The molecule has 6 heteroatoms. The molecule has 0 fully saturated rings. The zero-order valence-electron chi connectivity index (χ0n) is 11.5. The maximum Gasteiger partial charge on any atom is 0.328 e. The average Bonchev–Trinajstić information content (AvgIpc) is 2.64. The molecule has 0 saturated carbocycles. The maximum absolute atomic E-state index is 11.9. The highest BCUT2D eigenvalue weighted by molar-refractivity contribution is 9.10. The van der Waals surface area contributed by atoms with E-state index in [1.807, 2.05) is 39.0 Å². The van der Waals surface area contributed by atoms with E-state index in [2.05, 4.69) is 21.0 Å². The third-order valence-corrected chi connectivity index (χ3v) is 3.01. The topological polar surface area (TPSA) is 67.9 Å². The third kappa shape index (κ3) is 3.17. The Bertz CT molecular complexity index is 708. The first kappa shape index (κ1) is 14.5. The summed E-state index contributed by atoms with van der Waals surface area (Å²) in [6.45, 7) is 5.40. The molecular weight excluding hydrogens is 322 g/mol. The molecule has 2 aromatic rings. The van der Waals surface area contributed by atoms with Gasteiger partial charge in [0.1, 0.15) is 18.2 Å². The van der Waals surface area contributed by atoms with E-state index >= 15 is 0 Å². The van der Waals surface area contributed by atoms with E-state index in [-0.39, 0.29) is 12.5 Å². The van der Waals surface area contributed by atoms with Crippen molar-refractivity contribution >= 4 is 32.8 Å². The molecule has 1 aromatic heterocycles. The number of benzene rings is 1. The standard InChI is InChI=1S/C14H14BrN3O2/c1-14(2,3)20-13(19)8-18-12-6-9(15)4-5-10(12)11(7-16)17-18/h4-6H,8H2,1-3H3. The number of ether oxygens (including phenoxy) is 1. The van der Waals surface area contributed by atoms with Gasteiger partial charge < -0.3 is 4.74 Å². The highest BCUT2D eigenvalue weighted by atomic mass is 79.9. The summed E-state index contributed by atoms with van der Waals surface area (Å²) in [6, 6.07) is 7.50. The Labute approximate surface area is 125 Å². The Balaban J connectivity index is 2.38. The fourth-order valence-electron chi connectivity index (χ4n) is 1.85. The van der Waals surface area contributed by atoms with Gasteiger partial charge in [-0.2, -0.15) is 10.4 Å². The molecule has 0 N–H and O–H groups in total. The molecule has 0 unspecified atom stereocenters. The summed E-state index contributed by atoms with van der Waals surface area (Å²) in [5.41, 5.74) is 0.483. The Morgan fingerprint density at radius 3 is 2.80 bits per heavy atom. The molecule has 104 valence electrons. The van der Waals surface area contributed by atoms with Crippen LogP contribution in [0.1, 0.15) is 26.5 Å². The molecule has 0 spiro atoms. The van der Waals surface area contributed by atoms with E-state index < -0.39 is 5.60 Å². The van der Waals surface area contributed by atoms with Crippen LogP contribution in [0.3, 0.4) is 0 Å². The van der Waals surface area contributed by atoms with Gasteiger partial charge in [-0.3, -0.25) is 9.48 Å². The maximum atomic E-state index is 11.9. The lowest BCUT2D eigenvalue weighted by atomic mass is 10.2. The van der Waals surface area contributed by atoms with E-state index in [1.54, 1.807) is 6.07 Å². The van der Waals surface area contributed by atoms with E-state index in [0.29, 0.717) is 5.69 Å². The van der Waals surface area contributed by atoms with Crippen molar-refractivity contribution in [3.8, 4) is 6.07 Å². The SMILES string of the molecule is CC(C)(C)OC(=O)Cn1nc(C#N)c2ccc(Br)cc21. The molecule has 0 atom stereocenters. The zero-order chi connectivity index (χ0) is 14.9. The van der Waals surface area contributed by atoms with Gasteiger partial charge in [0, 0.05) is 9.86 Å². The van der Waals surface area contributed by atoms with Crippen molar-refractivity contribution in [3.63, 3.8) is 0 Å². The van der Waals surface area contributed by atoms with Crippen LogP contribution in [0.2, 0.25) is 0 Å². The third-order valence-electron chi connectivity index (χ3n) is 2.52.